The van der Waals surface area contributed by atoms with E-state index in [2.05, 4.69) is 14.4 Å². The molecule has 2 rings (SSSR count). The molecule has 0 radical (unpaired) electrons. The van der Waals surface area contributed by atoms with E-state index in [0.717, 1.165) is 12.8 Å². The predicted molar refractivity (Wildman–Crippen MR) is 59.3 cm³/mol. The van der Waals surface area contributed by atoms with Crippen LogP contribution in [0.2, 0.25) is 0 Å². The molecule has 0 atom stereocenters. The molecule has 1 fully saturated rings. The quantitative estimate of drug-likeness (QED) is 0.718. The highest BCUT2D eigenvalue weighted by Gasteiger charge is 2.27. The summed E-state index contributed by atoms with van der Waals surface area (Å²) in [5.41, 5.74) is 0.627. The molecule has 0 aromatic carbocycles. The SMILES string of the molecule is Cc1ccc(O)c(NS(=O)(=O)NC2CC2)n1. The molecule has 0 saturated heterocycles. The normalized spacial score (nSPS) is 16.1. The Kier molecular flexibility index (Phi) is 2.73. The highest BCUT2D eigenvalue weighted by Crippen LogP contribution is 2.23. The van der Waals surface area contributed by atoms with Gasteiger partial charge in [-0.2, -0.15) is 13.1 Å². The zero-order chi connectivity index (χ0) is 11.8. The molecule has 1 saturated carbocycles. The molecule has 1 aliphatic carbocycles. The summed E-state index contributed by atoms with van der Waals surface area (Å²) in [5, 5.41) is 9.43. The van der Waals surface area contributed by atoms with Gasteiger partial charge in [-0.25, -0.2) is 4.98 Å². The number of rotatable bonds is 4. The van der Waals surface area contributed by atoms with E-state index >= 15 is 0 Å². The Hall–Kier alpha value is -1.34. The van der Waals surface area contributed by atoms with E-state index < -0.39 is 10.2 Å². The minimum absolute atomic E-state index is 0.0180. The van der Waals surface area contributed by atoms with Crippen LogP contribution < -0.4 is 9.44 Å². The van der Waals surface area contributed by atoms with Gasteiger partial charge in [0.1, 0.15) is 0 Å². The summed E-state index contributed by atoms with van der Waals surface area (Å²) < 4.78 is 27.7. The number of pyridine rings is 1. The summed E-state index contributed by atoms with van der Waals surface area (Å²) in [6.07, 6.45) is 1.71. The van der Waals surface area contributed by atoms with Gasteiger partial charge in [0.05, 0.1) is 0 Å². The minimum atomic E-state index is -3.63. The number of hydrogen-bond donors (Lipinski definition) is 3. The highest BCUT2D eigenvalue weighted by molar-refractivity contribution is 7.90. The van der Waals surface area contributed by atoms with Gasteiger partial charge in [-0.3, -0.25) is 4.72 Å². The zero-order valence-electron chi connectivity index (χ0n) is 8.77. The number of aryl methyl sites for hydroxylation is 1. The van der Waals surface area contributed by atoms with Crippen LogP contribution in [0.4, 0.5) is 5.82 Å². The topological polar surface area (TPSA) is 91.3 Å². The van der Waals surface area contributed by atoms with Gasteiger partial charge >= 0.3 is 10.2 Å². The molecule has 3 N–H and O–H groups in total. The van der Waals surface area contributed by atoms with Crippen molar-refractivity contribution in [3.63, 3.8) is 0 Å². The Bertz CT molecular complexity index is 497. The molecule has 0 aliphatic heterocycles. The summed E-state index contributed by atoms with van der Waals surface area (Å²) >= 11 is 0. The average Bonchev–Trinajstić information content (AvgIpc) is 2.94. The van der Waals surface area contributed by atoms with Gasteiger partial charge in [-0.15, -0.1) is 0 Å². The van der Waals surface area contributed by atoms with Crippen LogP contribution in [0.25, 0.3) is 0 Å². The second-order valence-corrected chi connectivity index (χ2v) is 5.26. The van der Waals surface area contributed by atoms with Crippen molar-refractivity contribution >= 4 is 16.0 Å². The monoisotopic (exact) mass is 243 g/mol. The lowest BCUT2D eigenvalue weighted by Gasteiger charge is -2.09. The van der Waals surface area contributed by atoms with E-state index in [-0.39, 0.29) is 17.6 Å². The number of anilines is 1. The molecular formula is C9H13N3O3S. The van der Waals surface area contributed by atoms with Crippen molar-refractivity contribution in [3.05, 3.63) is 17.8 Å². The van der Waals surface area contributed by atoms with Crippen LogP contribution in [-0.2, 0) is 10.2 Å². The predicted octanol–water partition coefficient (Wildman–Crippen LogP) is 0.504. The molecule has 0 bridgehead atoms. The lowest BCUT2D eigenvalue weighted by atomic mass is 10.3. The maximum atomic E-state index is 11.5. The Labute approximate surface area is 93.9 Å². The maximum absolute atomic E-state index is 11.5. The van der Waals surface area contributed by atoms with Crippen molar-refractivity contribution in [1.29, 1.82) is 0 Å². The number of aromatic nitrogens is 1. The average molecular weight is 243 g/mol. The van der Waals surface area contributed by atoms with Crippen molar-refractivity contribution in [2.24, 2.45) is 0 Å². The Morgan fingerprint density at radius 1 is 1.44 bits per heavy atom. The molecule has 16 heavy (non-hydrogen) atoms. The molecule has 7 heteroatoms. The Balaban J connectivity index is 2.15. The first kappa shape index (κ1) is 11.2. The summed E-state index contributed by atoms with van der Waals surface area (Å²) in [5.74, 6) is -0.236. The molecule has 0 amide bonds. The van der Waals surface area contributed by atoms with Gasteiger partial charge in [-0.1, -0.05) is 0 Å². The van der Waals surface area contributed by atoms with E-state index in [4.69, 9.17) is 0 Å². The lowest BCUT2D eigenvalue weighted by molar-refractivity contribution is 0.475. The molecule has 1 aromatic heterocycles. The van der Waals surface area contributed by atoms with Crippen LogP contribution in [0.1, 0.15) is 18.5 Å². The van der Waals surface area contributed by atoms with E-state index in [1.165, 1.54) is 6.07 Å². The third kappa shape index (κ3) is 2.83. The fourth-order valence-corrected chi connectivity index (χ4v) is 2.34. The van der Waals surface area contributed by atoms with Crippen molar-refractivity contribution in [1.82, 2.24) is 9.71 Å². The first-order valence-corrected chi connectivity index (χ1v) is 6.41. The fourth-order valence-electron chi connectivity index (χ4n) is 1.20. The second kappa shape index (κ2) is 3.91. The third-order valence-corrected chi connectivity index (χ3v) is 3.25. The molecule has 6 nitrogen and oxygen atoms in total. The van der Waals surface area contributed by atoms with E-state index in [9.17, 15) is 13.5 Å². The van der Waals surface area contributed by atoms with Crippen LogP contribution >= 0.6 is 0 Å². The summed E-state index contributed by atoms with van der Waals surface area (Å²) in [7, 11) is -3.63. The number of hydrogen-bond acceptors (Lipinski definition) is 4. The first-order valence-electron chi connectivity index (χ1n) is 4.93. The number of aromatic hydroxyl groups is 1. The van der Waals surface area contributed by atoms with Crippen LogP contribution in [0.3, 0.4) is 0 Å². The van der Waals surface area contributed by atoms with E-state index in [1.54, 1.807) is 13.0 Å². The van der Waals surface area contributed by atoms with E-state index in [0.29, 0.717) is 5.69 Å². The Morgan fingerprint density at radius 3 is 2.75 bits per heavy atom. The van der Waals surface area contributed by atoms with Gasteiger partial charge < -0.3 is 5.11 Å². The zero-order valence-corrected chi connectivity index (χ0v) is 9.58. The summed E-state index contributed by atoms with van der Waals surface area (Å²) in [6, 6.07) is 3.02. The first-order chi connectivity index (χ1) is 7.46. The smallest absolute Gasteiger partial charge is 0.300 e. The van der Waals surface area contributed by atoms with Gasteiger partial charge in [-0.05, 0) is 31.9 Å². The van der Waals surface area contributed by atoms with Crippen LogP contribution in [-0.4, -0.2) is 24.6 Å². The number of nitrogens with zero attached hydrogens (tertiary/aromatic N) is 1. The lowest BCUT2D eigenvalue weighted by Crippen LogP contribution is -2.32. The number of nitrogens with one attached hydrogen (secondary N) is 2. The Morgan fingerprint density at radius 2 is 2.12 bits per heavy atom. The van der Waals surface area contributed by atoms with Gasteiger partial charge in [0.25, 0.3) is 0 Å². The molecular weight excluding hydrogens is 230 g/mol. The molecule has 1 aliphatic rings. The highest BCUT2D eigenvalue weighted by atomic mass is 32.2. The van der Waals surface area contributed by atoms with Crippen LogP contribution in [0, 0.1) is 6.92 Å². The van der Waals surface area contributed by atoms with Gasteiger partial charge in [0.2, 0.25) is 0 Å². The van der Waals surface area contributed by atoms with E-state index in [1.807, 2.05) is 0 Å². The largest absolute Gasteiger partial charge is 0.504 e. The fraction of sp³-hybridized carbons (Fsp3) is 0.444. The molecule has 1 aromatic rings. The summed E-state index contributed by atoms with van der Waals surface area (Å²) in [6.45, 7) is 1.71. The van der Waals surface area contributed by atoms with Crippen LogP contribution in [0.5, 0.6) is 5.75 Å². The molecule has 0 unspecified atom stereocenters. The van der Waals surface area contributed by atoms with Crippen molar-refractivity contribution in [2.75, 3.05) is 4.72 Å². The third-order valence-electron chi connectivity index (χ3n) is 2.14. The standard InChI is InChI=1S/C9H13N3O3S/c1-6-2-5-8(13)9(10-6)12-16(14,15)11-7-3-4-7/h2,5,7,11,13H,3-4H2,1H3,(H,10,12). The van der Waals surface area contributed by atoms with Crippen molar-refractivity contribution in [3.8, 4) is 5.75 Å². The van der Waals surface area contributed by atoms with Gasteiger partial charge in [0, 0.05) is 11.7 Å². The molecule has 88 valence electrons. The summed E-state index contributed by atoms with van der Waals surface area (Å²) in [4.78, 5) is 3.91. The van der Waals surface area contributed by atoms with Gasteiger partial charge in [0.15, 0.2) is 11.6 Å². The maximum Gasteiger partial charge on any atom is 0.300 e. The molecule has 0 spiro atoms. The minimum Gasteiger partial charge on any atom is -0.504 e. The van der Waals surface area contributed by atoms with Crippen molar-refractivity contribution in [2.45, 2.75) is 25.8 Å². The second-order valence-electron chi connectivity index (χ2n) is 3.82. The molecule has 1 heterocycles. The van der Waals surface area contributed by atoms with Crippen LogP contribution in [0.15, 0.2) is 12.1 Å². The van der Waals surface area contributed by atoms with Crippen molar-refractivity contribution < 1.29 is 13.5 Å².